The lowest BCUT2D eigenvalue weighted by Gasteiger charge is -2.36. The van der Waals surface area contributed by atoms with E-state index in [4.69, 9.17) is 5.73 Å². The molecule has 104 valence electrons. The van der Waals surface area contributed by atoms with Gasteiger partial charge in [-0.2, -0.15) is 0 Å². The van der Waals surface area contributed by atoms with Crippen molar-refractivity contribution in [1.82, 2.24) is 9.80 Å². The molecule has 2 rings (SSSR count). The van der Waals surface area contributed by atoms with E-state index in [9.17, 15) is 4.79 Å². The van der Waals surface area contributed by atoms with Crippen LogP contribution < -0.4 is 5.73 Å². The fourth-order valence-electron chi connectivity index (χ4n) is 3.13. The second kappa shape index (κ2) is 6.53. The summed E-state index contributed by atoms with van der Waals surface area (Å²) in [6, 6.07) is 0.438. The summed E-state index contributed by atoms with van der Waals surface area (Å²) in [7, 11) is 0. The smallest absolute Gasteiger partial charge is 0.236 e. The summed E-state index contributed by atoms with van der Waals surface area (Å²) in [5.41, 5.74) is 5.69. The number of amides is 1. The first-order chi connectivity index (χ1) is 8.70. The minimum absolute atomic E-state index is 0.327. The van der Waals surface area contributed by atoms with Crippen LogP contribution in [0, 0.1) is 5.92 Å². The third-order valence-corrected chi connectivity index (χ3v) is 4.52. The van der Waals surface area contributed by atoms with E-state index in [-0.39, 0.29) is 0 Å². The van der Waals surface area contributed by atoms with Gasteiger partial charge in [-0.25, -0.2) is 0 Å². The van der Waals surface area contributed by atoms with Crippen LogP contribution in [0.5, 0.6) is 0 Å². The summed E-state index contributed by atoms with van der Waals surface area (Å²) in [5.74, 6) is 0.999. The maximum absolute atomic E-state index is 12.3. The van der Waals surface area contributed by atoms with Gasteiger partial charge in [0.1, 0.15) is 0 Å². The van der Waals surface area contributed by atoms with Crippen LogP contribution in [0.2, 0.25) is 0 Å². The quantitative estimate of drug-likeness (QED) is 0.818. The minimum atomic E-state index is 0.327. The van der Waals surface area contributed by atoms with E-state index in [1.165, 1.54) is 19.3 Å². The second-order valence-electron chi connectivity index (χ2n) is 5.89. The lowest BCUT2D eigenvalue weighted by Crippen LogP contribution is -2.48. The van der Waals surface area contributed by atoms with E-state index in [0.717, 1.165) is 39.0 Å². The zero-order valence-corrected chi connectivity index (χ0v) is 11.6. The van der Waals surface area contributed by atoms with Gasteiger partial charge < -0.3 is 10.6 Å². The molecule has 1 atom stereocenters. The summed E-state index contributed by atoms with van der Waals surface area (Å²) in [5, 5.41) is 0. The number of nitrogens with two attached hydrogens (primary N) is 1. The number of likely N-dealkylation sites (tertiary alicyclic amines) is 2. The molecule has 0 aromatic heterocycles. The standard InChI is InChI=1S/C14H27N3O/c1-12-4-2-3-7-17(12)14(18)11-16-8-5-13(10-15)6-9-16/h12-13H,2-11,15H2,1H3. The number of carbonyl (C=O) groups excluding carboxylic acids is 1. The van der Waals surface area contributed by atoms with Crippen LogP contribution in [0.15, 0.2) is 0 Å². The number of piperidine rings is 2. The van der Waals surface area contributed by atoms with Crippen molar-refractivity contribution < 1.29 is 4.79 Å². The average molecular weight is 253 g/mol. The molecule has 2 N–H and O–H groups in total. The SMILES string of the molecule is CC1CCCCN1C(=O)CN1CCC(CN)CC1. The van der Waals surface area contributed by atoms with Crippen molar-refractivity contribution in [2.45, 2.75) is 45.1 Å². The van der Waals surface area contributed by atoms with Crippen molar-refractivity contribution in [3.8, 4) is 0 Å². The highest BCUT2D eigenvalue weighted by molar-refractivity contribution is 5.78. The molecule has 2 aliphatic heterocycles. The molecule has 2 fully saturated rings. The van der Waals surface area contributed by atoms with Gasteiger partial charge in [-0.15, -0.1) is 0 Å². The van der Waals surface area contributed by atoms with E-state index in [1.807, 2.05) is 0 Å². The fourth-order valence-corrected chi connectivity index (χ4v) is 3.13. The molecule has 4 heteroatoms. The third kappa shape index (κ3) is 3.45. The summed E-state index contributed by atoms with van der Waals surface area (Å²) in [6.45, 7) is 6.62. The molecule has 0 saturated carbocycles. The predicted molar refractivity (Wildman–Crippen MR) is 73.2 cm³/mol. The molecule has 0 aromatic carbocycles. The van der Waals surface area contributed by atoms with Crippen LogP contribution >= 0.6 is 0 Å². The molecule has 2 heterocycles. The molecule has 18 heavy (non-hydrogen) atoms. The minimum Gasteiger partial charge on any atom is -0.339 e. The number of hydrogen-bond donors (Lipinski definition) is 1. The van der Waals surface area contributed by atoms with Crippen LogP contribution in [0.4, 0.5) is 0 Å². The highest BCUT2D eigenvalue weighted by Crippen LogP contribution is 2.19. The Balaban J connectivity index is 1.77. The Kier molecular flexibility index (Phi) is 5.01. The maximum atomic E-state index is 12.3. The van der Waals surface area contributed by atoms with Crippen molar-refractivity contribution in [3.05, 3.63) is 0 Å². The van der Waals surface area contributed by atoms with Crippen LogP contribution in [-0.4, -0.2) is 54.5 Å². The van der Waals surface area contributed by atoms with Crippen LogP contribution in [0.1, 0.15) is 39.0 Å². The number of hydrogen-bond acceptors (Lipinski definition) is 3. The number of rotatable bonds is 3. The monoisotopic (exact) mass is 253 g/mol. The van der Waals surface area contributed by atoms with E-state index < -0.39 is 0 Å². The maximum Gasteiger partial charge on any atom is 0.236 e. The largest absolute Gasteiger partial charge is 0.339 e. The van der Waals surface area contributed by atoms with Gasteiger partial charge in [-0.1, -0.05) is 0 Å². The zero-order chi connectivity index (χ0) is 13.0. The molecular weight excluding hydrogens is 226 g/mol. The first-order valence-corrected chi connectivity index (χ1v) is 7.42. The van der Waals surface area contributed by atoms with E-state index in [0.29, 0.717) is 24.4 Å². The Morgan fingerprint density at radius 2 is 1.89 bits per heavy atom. The summed E-state index contributed by atoms with van der Waals surface area (Å²) >= 11 is 0. The molecule has 2 aliphatic rings. The first-order valence-electron chi connectivity index (χ1n) is 7.42. The van der Waals surface area contributed by atoms with Gasteiger partial charge in [0.15, 0.2) is 0 Å². The highest BCUT2D eigenvalue weighted by Gasteiger charge is 2.26. The Morgan fingerprint density at radius 3 is 2.50 bits per heavy atom. The van der Waals surface area contributed by atoms with Crippen molar-refractivity contribution in [2.75, 3.05) is 32.7 Å². The molecule has 4 nitrogen and oxygen atoms in total. The highest BCUT2D eigenvalue weighted by atomic mass is 16.2. The average Bonchev–Trinajstić information content (AvgIpc) is 2.40. The first kappa shape index (κ1) is 13.8. The van der Waals surface area contributed by atoms with Gasteiger partial charge in [0.2, 0.25) is 5.91 Å². The molecule has 1 amide bonds. The summed E-state index contributed by atoms with van der Waals surface area (Å²) in [4.78, 5) is 16.7. The Labute approximate surface area is 110 Å². The molecule has 0 spiro atoms. The van der Waals surface area contributed by atoms with Crippen LogP contribution in [0.25, 0.3) is 0 Å². The lowest BCUT2D eigenvalue weighted by molar-refractivity contribution is -0.136. The van der Waals surface area contributed by atoms with E-state index >= 15 is 0 Å². The van der Waals surface area contributed by atoms with E-state index in [1.54, 1.807) is 0 Å². The van der Waals surface area contributed by atoms with Gasteiger partial charge in [-0.3, -0.25) is 9.69 Å². The van der Waals surface area contributed by atoms with E-state index in [2.05, 4.69) is 16.7 Å². The van der Waals surface area contributed by atoms with Gasteiger partial charge in [0.05, 0.1) is 6.54 Å². The topological polar surface area (TPSA) is 49.6 Å². The van der Waals surface area contributed by atoms with Crippen molar-refractivity contribution in [3.63, 3.8) is 0 Å². The predicted octanol–water partition coefficient (Wildman–Crippen LogP) is 1.06. The van der Waals surface area contributed by atoms with Gasteiger partial charge in [0.25, 0.3) is 0 Å². The summed E-state index contributed by atoms with van der Waals surface area (Å²) < 4.78 is 0. The second-order valence-corrected chi connectivity index (χ2v) is 5.89. The molecule has 2 saturated heterocycles. The molecule has 0 aliphatic carbocycles. The zero-order valence-electron chi connectivity index (χ0n) is 11.6. The van der Waals surface area contributed by atoms with Gasteiger partial charge >= 0.3 is 0 Å². The Bertz CT molecular complexity index is 274. The molecule has 1 unspecified atom stereocenters. The molecular formula is C14H27N3O. The third-order valence-electron chi connectivity index (χ3n) is 4.52. The Morgan fingerprint density at radius 1 is 1.17 bits per heavy atom. The summed E-state index contributed by atoms with van der Waals surface area (Å²) in [6.07, 6.45) is 5.91. The van der Waals surface area contributed by atoms with Gasteiger partial charge in [0, 0.05) is 12.6 Å². The number of carbonyl (C=O) groups is 1. The fraction of sp³-hybridized carbons (Fsp3) is 0.929. The van der Waals surface area contributed by atoms with Crippen LogP contribution in [-0.2, 0) is 4.79 Å². The lowest BCUT2D eigenvalue weighted by atomic mass is 9.97. The number of nitrogens with zero attached hydrogens (tertiary/aromatic N) is 2. The van der Waals surface area contributed by atoms with Crippen molar-refractivity contribution >= 4 is 5.91 Å². The van der Waals surface area contributed by atoms with Gasteiger partial charge in [-0.05, 0) is 64.6 Å². The molecule has 0 aromatic rings. The van der Waals surface area contributed by atoms with Crippen LogP contribution in [0.3, 0.4) is 0 Å². The normalized spacial score (nSPS) is 27.4. The Hall–Kier alpha value is -0.610. The van der Waals surface area contributed by atoms with Crippen molar-refractivity contribution in [2.24, 2.45) is 11.7 Å². The van der Waals surface area contributed by atoms with Crippen molar-refractivity contribution in [1.29, 1.82) is 0 Å². The molecule has 0 bridgehead atoms. The molecule has 0 radical (unpaired) electrons.